The van der Waals surface area contributed by atoms with E-state index in [9.17, 15) is 4.79 Å². The molecule has 128 valence electrons. The minimum atomic E-state index is 0. The van der Waals surface area contributed by atoms with E-state index in [1.165, 1.54) is 11.1 Å². The second-order valence-corrected chi connectivity index (χ2v) is 6.69. The predicted molar refractivity (Wildman–Crippen MR) is 94.2 cm³/mol. The Hall–Kier alpha value is -1.10. The standard InChI is InChI=1S/C18H26N2O2.ClH/c1-22-13-18(8-10-19-11-9-18)12-20-17(21)16-7-6-14-4-2-3-5-15(14)16;/h2-5,16,19H,6-13H2,1H3,(H,20,21);1H. The molecule has 1 aromatic rings. The fraction of sp³-hybridized carbons (Fsp3) is 0.611. The zero-order chi connectivity index (χ0) is 15.4. The van der Waals surface area contributed by atoms with Crippen molar-refractivity contribution in [3.05, 3.63) is 35.4 Å². The first-order valence-corrected chi connectivity index (χ1v) is 8.29. The summed E-state index contributed by atoms with van der Waals surface area (Å²) in [6, 6.07) is 8.33. The molecule has 0 saturated carbocycles. The van der Waals surface area contributed by atoms with Crippen LogP contribution in [0.15, 0.2) is 24.3 Å². The summed E-state index contributed by atoms with van der Waals surface area (Å²) in [4.78, 5) is 12.6. The van der Waals surface area contributed by atoms with E-state index in [1.54, 1.807) is 7.11 Å². The highest BCUT2D eigenvalue weighted by Crippen LogP contribution is 2.34. The van der Waals surface area contributed by atoms with Crippen LogP contribution >= 0.6 is 12.4 Å². The van der Waals surface area contributed by atoms with Crippen LogP contribution in [0.2, 0.25) is 0 Å². The lowest BCUT2D eigenvalue weighted by atomic mass is 9.79. The van der Waals surface area contributed by atoms with Crippen LogP contribution in [0.25, 0.3) is 0 Å². The summed E-state index contributed by atoms with van der Waals surface area (Å²) in [5.41, 5.74) is 2.63. The third-order valence-corrected chi connectivity index (χ3v) is 5.20. The van der Waals surface area contributed by atoms with Gasteiger partial charge in [0.2, 0.25) is 5.91 Å². The monoisotopic (exact) mass is 338 g/mol. The number of aryl methyl sites for hydroxylation is 1. The highest BCUT2D eigenvalue weighted by atomic mass is 35.5. The van der Waals surface area contributed by atoms with Gasteiger partial charge in [-0.15, -0.1) is 12.4 Å². The Morgan fingerprint density at radius 2 is 2.09 bits per heavy atom. The molecule has 5 heteroatoms. The van der Waals surface area contributed by atoms with Crippen LogP contribution < -0.4 is 10.6 Å². The number of ether oxygens (including phenoxy) is 1. The lowest BCUT2D eigenvalue weighted by Crippen LogP contribution is -2.47. The summed E-state index contributed by atoms with van der Waals surface area (Å²) < 4.78 is 5.42. The molecule has 1 aliphatic carbocycles. The maximum absolute atomic E-state index is 12.6. The van der Waals surface area contributed by atoms with Gasteiger partial charge in [-0.1, -0.05) is 24.3 Å². The van der Waals surface area contributed by atoms with Gasteiger partial charge in [0.15, 0.2) is 0 Å². The van der Waals surface area contributed by atoms with Gasteiger partial charge in [0.05, 0.1) is 12.5 Å². The van der Waals surface area contributed by atoms with Crippen molar-refractivity contribution in [2.75, 3.05) is 33.4 Å². The molecule has 23 heavy (non-hydrogen) atoms. The number of benzene rings is 1. The molecule has 0 aromatic heterocycles. The van der Waals surface area contributed by atoms with Gasteiger partial charge < -0.3 is 15.4 Å². The largest absolute Gasteiger partial charge is 0.384 e. The van der Waals surface area contributed by atoms with Crippen molar-refractivity contribution in [3.8, 4) is 0 Å². The molecule has 1 saturated heterocycles. The maximum atomic E-state index is 12.6. The van der Waals surface area contributed by atoms with Crippen molar-refractivity contribution in [1.29, 1.82) is 0 Å². The molecule has 1 heterocycles. The number of piperidine rings is 1. The molecule has 0 bridgehead atoms. The summed E-state index contributed by atoms with van der Waals surface area (Å²) in [5.74, 6) is 0.205. The van der Waals surface area contributed by atoms with Crippen LogP contribution in [-0.2, 0) is 16.0 Å². The van der Waals surface area contributed by atoms with Gasteiger partial charge >= 0.3 is 0 Å². The minimum absolute atomic E-state index is 0. The summed E-state index contributed by atoms with van der Waals surface area (Å²) in [5, 5.41) is 6.60. The smallest absolute Gasteiger partial charge is 0.227 e. The molecular weight excluding hydrogens is 312 g/mol. The van der Waals surface area contributed by atoms with E-state index in [0.29, 0.717) is 0 Å². The molecular formula is C18H27ClN2O2. The topological polar surface area (TPSA) is 50.4 Å². The number of hydrogen-bond donors (Lipinski definition) is 2. The number of carbonyl (C=O) groups excluding carboxylic acids is 1. The predicted octanol–water partition coefficient (Wildman–Crippen LogP) is 2.27. The first-order chi connectivity index (χ1) is 10.7. The lowest BCUT2D eigenvalue weighted by molar-refractivity contribution is -0.123. The first kappa shape index (κ1) is 18.2. The molecule has 2 N–H and O–H groups in total. The zero-order valence-corrected chi connectivity index (χ0v) is 14.6. The van der Waals surface area contributed by atoms with Crippen LogP contribution in [-0.4, -0.2) is 39.3 Å². The van der Waals surface area contributed by atoms with Crippen molar-refractivity contribution in [3.63, 3.8) is 0 Å². The third kappa shape index (κ3) is 4.06. The molecule has 1 fully saturated rings. The van der Waals surface area contributed by atoms with E-state index in [-0.39, 0.29) is 29.6 Å². The first-order valence-electron chi connectivity index (χ1n) is 8.29. The average Bonchev–Trinajstić information content (AvgIpc) is 2.98. The second kappa shape index (κ2) is 8.13. The van der Waals surface area contributed by atoms with Crippen LogP contribution in [0.3, 0.4) is 0 Å². The SMILES string of the molecule is COCC1(CNC(=O)C2CCc3ccccc32)CCNCC1.Cl. The molecule has 1 aliphatic heterocycles. The number of rotatable bonds is 5. The van der Waals surface area contributed by atoms with E-state index in [4.69, 9.17) is 4.74 Å². The number of amides is 1. The number of nitrogens with one attached hydrogen (secondary N) is 2. The highest BCUT2D eigenvalue weighted by molar-refractivity contribution is 5.85. The Balaban J connectivity index is 0.00000192. The zero-order valence-electron chi connectivity index (χ0n) is 13.8. The molecule has 1 unspecified atom stereocenters. The summed E-state index contributed by atoms with van der Waals surface area (Å²) in [6.07, 6.45) is 4.07. The number of carbonyl (C=O) groups is 1. The average molecular weight is 339 g/mol. The van der Waals surface area contributed by atoms with Crippen LogP contribution in [0.5, 0.6) is 0 Å². The normalized spacial score (nSPS) is 22.0. The van der Waals surface area contributed by atoms with Crippen molar-refractivity contribution in [2.24, 2.45) is 5.41 Å². The van der Waals surface area contributed by atoms with Gasteiger partial charge in [-0.2, -0.15) is 0 Å². The van der Waals surface area contributed by atoms with Gasteiger partial charge in [-0.3, -0.25) is 4.79 Å². The molecule has 3 rings (SSSR count). The second-order valence-electron chi connectivity index (χ2n) is 6.69. The molecule has 1 aromatic carbocycles. The third-order valence-electron chi connectivity index (χ3n) is 5.20. The van der Waals surface area contributed by atoms with E-state index in [1.807, 2.05) is 6.07 Å². The van der Waals surface area contributed by atoms with Crippen LogP contribution in [0.1, 0.15) is 36.3 Å². The lowest BCUT2D eigenvalue weighted by Gasteiger charge is -2.37. The Morgan fingerprint density at radius 1 is 1.35 bits per heavy atom. The van der Waals surface area contributed by atoms with Crippen LogP contribution in [0.4, 0.5) is 0 Å². The molecule has 0 radical (unpaired) electrons. The summed E-state index contributed by atoms with van der Waals surface area (Å²) in [6.45, 7) is 3.45. The molecule has 2 aliphatic rings. The van der Waals surface area contributed by atoms with E-state index >= 15 is 0 Å². The van der Waals surface area contributed by atoms with Gasteiger partial charge in [0, 0.05) is 19.1 Å². The van der Waals surface area contributed by atoms with Crippen molar-refractivity contribution in [1.82, 2.24) is 10.6 Å². The number of methoxy groups -OCH3 is 1. The van der Waals surface area contributed by atoms with Crippen molar-refractivity contribution < 1.29 is 9.53 Å². The highest BCUT2D eigenvalue weighted by Gasteiger charge is 2.34. The Morgan fingerprint density at radius 3 is 2.83 bits per heavy atom. The molecule has 4 nitrogen and oxygen atoms in total. The number of halogens is 1. The number of hydrogen-bond acceptors (Lipinski definition) is 3. The van der Waals surface area contributed by atoms with E-state index < -0.39 is 0 Å². The fourth-order valence-electron chi connectivity index (χ4n) is 3.86. The summed E-state index contributed by atoms with van der Waals surface area (Å²) in [7, 11) is 1.75. The van der Waals surface area contributed by atoms with Gasteiger partial charge in [-0.05, 0) is 49.9 Å². The maximum Gasteiger partial charge on any atom is 0.227 e. The van der Waals surface area contributed by atoms with E-state index in [0.717, 1.165) is 51.9 Å². The summed E-state index contributed by atoms with van der Waals surface area (Å²) >= 11 is 0. The Bertz CT molecular complexity index is 524. The van der Waals surface area contributed by atoms with Gasteiger partial charge in [0.25, 0.3) is 0 Å². The molecule has 0 spiro atoms. The minimum Gasteiger partial charge on any atom is -0.384 e. The molecule has 1 atom stereocenters. The fourth-order valence-corrected chi connectivity index (χ4v) is 3.86. The van der Waals surface area contributed by atoms with Crippen molar-refractivity contribution >= 4 is 18.3 Å². The Labute approximate surface area is 144 Å². The van der Waals surface area contributed by atoms with E-state index in [2.05, 4.69) is 28.8 Å². The Kier molecular flexibility index (Phi) is 6.45. The van der Waals surface area contributed by atoms with Crippen molar-refractivity contribution in [2.45, 2.75) is 31.6 Å². The van der Waals surface area contributed by atoms with Gasteiger partial charge in [0.1, 0.15) is 0 Å². The molecule has 1 amide bonds. The number of fused-ring (bicyclic) bond motifs is 1. The van der Waals surface area contributed by atoms with Gasteiger partial charge in [-0.25, -0.2) is 0 Å². The quantitative estimate of drug-likeness (QED) is 0.866. The van der Waals surface area contributed by atoms with Crippen LogP contribution in [0, 0.1) is 5.41 Å².